The maximum absolute atomic E-state index is 13.1. The fraction of sp³-hybridized carbons (Fsp3) is 0.174. The molecular weight excluding hydrogens is 434 g/mol. The number of nitrogens with one attached hydrogen (secondary N) is 1. The molecule has 0 fully saturated rings. The number of anilines is 2. The third-order valence-electron chi connectivity index (χ3n) is 4.91. The average Bonchev–Trinajstić information content (AvgIpc) is 3.25. The van der Waals surface area contributed by atoms with E-state index in [0.717, 1.165) is 10.4 Å². The van der Waals surface area contributed by atoms with Crippen molar-refractivity contribution in [3.05, 3.63) is 69.4 Å². The molecule has 2 aromatic carbocycles. The predicted octanol–water partition coefficient (Wildman–Crippen LogP) is 5.21. The van der Waals surface area contributed by atoms with Crippen LogP contribution in [0.2, 0.25) is 5.02 Å². The van der Waals surface area contributed by atoms with E-state index in [1.165, 1.54) is 23.3 Å². The van der Waals surface area contributed by atoms with E-state index in [9.17, 15) is 9.59 Å². The molecule has 4 rings (SSSR count). The van der Waals surface area contributed by atoms with Crippen molar-refractivity contribution in [2.75, 3.05) is 23.9 Å². The Morgan fingerprint density at radius 3 is 2.81 bits per heavy atom. The van der Waals surface area contributed by atoms with Gasteiger partial charge in [-0.15, -0.1) is 11.3 Å². The van der Waals surface area contributed by atoms with Gasteiger partial charge in [0.15, 0.2) is 0 Å². The van der Waals surface area contributed by atoms with E-state index in [1.807, 2.05) is 42.6 Å². The second kappa shape index (κ2) is 8.91. The number of amides is 2. The van der Waals surface area contributed by atoms with Crippen molar-refractivity contribution >= 4 is 57.5 Å². The Kier molecular flexibility index (Phi) is 6.06. The summed E-state index contributed by atoms with van der Waals surface area (Å²) in [7, 11) is 1.51. The van der Waals surface area contributed by atoms with E-state index >= 15 is 0 Å². The molecule has 0 saturated carbocycles. The maximum atomic E-state index is 13.1. The molecule has 0 unspecified atom stereocenters. The number of rotatable bonds is 5. The summed E-state index contributed by atoms with van der Waals surface area (Å²) in [5.74, 6) is -0.0795. The number of nitrogens with zero attached hydrogens (tertiary/aromatic N) is 2. The molecule has 2 heterocycles. The van der Waals surface area contributed by atoms with Gasteiger partial charge in [0.05, 0.1) is 36.3 Å². The highest BCUT2D eigenvalue weighted by molar-refractivity contribution is 7.12. The zero-order valence-electron chi connectivity index (χ0n) is 17.0. The van der Waals surface area contributed by atoms with E-state index in [4.69, 9.17) is 21.3 Å². The Morgan fingerprint density at radius 2 is 2.06 bits per heavy atom. The lowest BCUT2D eigenvalue weighted by Gasteiger charge is -2.22. The van der Waals surface area contributed by atoms with Gasteiger partial charge in [0.2, 0.25) is 11.8 Å². The van der Waals surface area contributed by atoms with Crippen molar-refractivity contribution < 1.29 is 14.3 Å². The number of halogens is 1. The van der Waals surface area contributed by atoms with Crippen LogP contribution in [0, 0.1) is 6.92 Å². The van der Waals surface area contributed by atoms with Gasteiger partial charge in [-0.1, -0.05) is 29.8 Å². The topological polar surface area (TPSA) is 71.0 Å². The largest absolute Gasteiger partial charge is 0.495 e. The van der Waals surface area contributed by atoms with Crippen molar-refractivity contribution in [2.45, 2.75) is 13.3 Å². The third-order valence-corrected chi connectivity index (χ3v) is 6.24. The Labute approximate surface area is 189 Å². The molecule has 31 heavy (non-hydrogen) atoms. The molecule has 0 radical (unpaired) electrons. The Balaban J connectivity index is 1.60. The molecular formula is C23H20ClN3O3S. The van der Waals surface area contributed by atoms with Gasteiger partial charge < -0.3 is 15.0 Å². The van der Waals surface area contributed by atoms with Gasteiger partial charge in [-0.05, 0) is 42.1 Å². The Hall–Kier alpha value is -3.16. The van der Waals surface area contributed by atoms with E-state index in [1.54, 1.807) is 18.2 Å². The summed E-state index contributed by atoms with van der Waals surface area (Å²) in [6.45, 7) is 1.70. The number of hydrogen-bond acceptors (Lipinski definition) is 5. The number of hydrogen-bond donors (Lipinski definition) is 1. The molecule has 0 aliphatic carbocycles. The van der Waals surface area contributed by atoms with Crippen LogP contribution in [0.5, 0.6) is 5.75 Å². The predicted molar refractivity (Wildman–Crippen MR) is 125 cm³/mol. The molecule has 0 saturated heterocycles. The van der Waals surface area contributed by atoms with E-state index in [0.29, 0.717) is 33.5 Å². The second-order valence-corrected chi connectivity index (χ2v) is 8.39. The summed E-state index contributed by atoms with van der Waals surface area (Å²) < 4.78 is 5.33. The first-order chi connectivity index (χ1) is 15.0. The fourth-order valence-electron chi connectivity index (χ4n) is 3.37. The van der Waals surface area contributed by atoms with Crippen LogP contribution >= 0.6 is 22.9 Å². The summed E-state index contributed by atoms with van der Waals surface area (Å²) >= 11 is 7.68. The average molecular weight is 454 g/mol. The summed E-state index contributed by atoms with van der Waals surface area (Å²) in [5, 5.41) is 5.33. The van der Waals surface area contributed by atoms with Crippen LogP contribution in [-0.2, 0) is 9.59 Å². The van der Waals surface area contributed by atoms with Crippen molar-refractivity contribution in [3.8, 4) is 5.75 Å². The van der Waals surface area contributed by atoms with Crippen molar-refractivity contribution in [1.82, 2.24) is 0 Å². The zero-order valence-corrected chi connectivity index (χ0v) is 18.6. The maximum Gasteiger partial charge on any atom is 0.244 e. The lowest BCUT2D eigenvalue weighted by Crippen LogP contribution is -2.38. The number of ether oxygens (including phenoxy) is 1. The lowest BCUT2D eigenvalue weighted by molar-refractivity contribution is -0.120. The summed E-state index contributed by atoms with van der Waals surface area (Å²) in [6.07, 6.45) is 0.117. The number of fused-ring (bicyclic) bond motifs is 1. The van der Waals surface area contributed by atoms with Crippen LogP contribution in [0.15, 0.2) is 58.9 Å². The Morgan fingerprint density at radius 1 is 1.26 bits per heavy atom. The first kappa shape index (κ1) is 21.1. The van der Waals surface area contributed by atoms with E-state index in [-0.39, 0.29) is 24.8 Å². The monoisotopic (exact) mass is 453 g/mol. The summed E-state index contributed by atoms with van der Waals surface area (Å²) in [6, 6.07) is 14.6. The van der Waals surface area contributed by atoms with Crippen molar-refractivity contribution in [3.63, 3.8) is 0 Å². The van der Waals surface area contributed by atoms with Gasteiger partial charge in [-0.3, -0.25) is 9.59 Å². The highest BCUT2D eigenvalue weighted by Crippen LogP contribution is 2.34. The number of carbonyl (C=O) groups is 2. The first-order valence-electron chi connectivity index (χ1n) is 9.61. The number of carbonyl (C=O) groups excluding carboxylic acids is 2. The molecule has 0 bridgehead atoms. The second-order valence-electron chi connectivity index (χ2n) is 7.03. The highest BCUT2D eigenvalue weighted by atomic mass is 35.5. The van der Waals surface area contributed by atoms with Crippen LogP contribution in [0.4, 0.5) is 17.1 Å². The molecule has 1 aliphatic rings. The van der Waals surface area contributed by atoms with Gasteiger partial charge in [-0.2, -0.15) is 0 Å². The number of para-hydroxylation sites is 2. The van der Waals surface area contributed by atoms with Crippen LogP contribution in [0.3, 0.4) is 0 Å². The minimum absolute atomic E-state index is 0.117. The number of aliphatic imine (C=N–C) groups is 1. The first-order valence-corrected chi connectivity index (χ1v) is 10.9. The number of thiophene rings is 1. The number of aryl methyl sites for hydroxylation is 1. The normalized spacial score (nSPS) is 13.3. The zero-order chi connectivity index (χ0) is 22.0. The van der Waals surface area contributed by atoms with Gasteiger partial charge in [0.25, 0.3) is 0 Å². The van der Waals surface area contributed by atoms with Crippen LogP contribution in [-0.4, -0.2) is 31.2 Å². The molecule has 1 aliphatic heterocycles. The summed E-state index contributed by atoms with van der Waals surface area (Å²) in [5.41, 5.74) is 3.27. The molecule has 0 atom stereocenters. The van der Waals surface area contributed by atoms with Crippen LogP contribution in [0.25, 0.3) is 0 Å². The summed E-state index contributed by atoms with van der Waals surface area (Å²) in [4.78, 5) is 33.2. The smallest absolute Gasteiger partial charge is 0.244 e. The van der Waals surface area contributed by atoms with Crippen molar-refractivity contribution in [1.29, 1.82) is 0 Å². The number of methoxy groups -OCH3 is 1. The minimum Gasteiger partial charge on any atom is -0.495 e. The molecule has 1 aromatic heterocycles. The molecule has 6 nitrogen and oxygen atoms in total. The van der Waals surface area contributed by atoms with Gasteiger partial charge in [0.1, 0.15) is 12.3 Å². The molecule has 0 spiro atoms. The van der Waals surface area contributed by atoms with E-state index < -0.39 is 0 Å². The third kappa shape index (κ3) is 4.47. The molecule has 2 amide bonds. The minimum atomic E-state index is -0.345. The van der Waals surface area contributed by atoms with E-state index in [2.05, 4.69) is 5.32 Å². The van der Waals surface area contributed by atoms with Crippen molar-refractivity contribution in [2.24, 2.45) is 4.99 Å². The van der Waals surface area contributed by atoms with Crippen LogP contribution in [0.1, 0.15) is 16.9 Å². The SMILES string of the molecule is COc1cc(Cl)c(C)cc1NC(=O)CN1C(=O)CC(c2cccs2)=Nc2ccccc21. The standard InChI is InChI=1S/C23H20ClN3O3S/c1-14-10-17(20(30-2)11-15(14)24)26-22(28)13-27-19-7-4-3-6-16(19)25-18(12-23(27)29)21-8-5-9-31-21/h3-11H,12-13H2,1-2H3,(H,26,28). The number of benzene rings is 2. The van der Waals surface area contributed by atoms with Gasteiger partial charge in [-0.25, -0.2) is 4.99 Å². The molecule has 158 valence electrons. The molecule has 3 aromatic rings. The molecule has 1 N–H and O–H groups in total. The van der Waals surface area contributed by atoms with Gasteiger partial charge >= 0.3 is 0 Å². The molecule has 8 heteroatoms. The fourth-order valence-corrected chi connectivity index (χ4v) is 4.23. The van der Waals surface area contributed by atoms with Gasteiger partial charge in [0, 0.05) is 16.0 Å². The lowest BCUT2D eigenvalue weighted by atomic mass is 10.2. The Bertz CT molecular complexity index is 1170. The quantitative estimate of drug-likeness (QED) is 0.576. The van der Waals surface area contributed by atoms with Crippen LogP contribution < -0.4 is 15.0 Å². The highest BCUT2D eigenvalue weighted by Gasteiger charge is 2.27.